The Hall–Kier alpha value is -2.69. The van der Waals surface area contributed by atoms with Gasteiger partial charge in [0.25, 0.3) is 0 Å². The highest BCUT2D eigenvalue weighted by atomic mass is 127. The second-order valence-corrected chi connectivity index (χ2v) is 6.14. The Morgan fingerprint density at radius 3 is 2.57 bits per heavy atom. The van der Waals surface area contributed by atoms with Crippen LogP contribution in [0, 0.1) is 0 Å². The second-order valence-electron chi connectivity index (χ2n) is 6.14. The molecule has 2 aromatic carbocycles. The maximum atomic E-state index is 12.6. The molecule has 0 aliphatic rings. The smallest absolute Gasteiger partial charge is 0.387 e. The molecule has 0 saturated carbocycles. The summed E-state index contributed by atoms with van der Waals surface area (Å²) in [6.07, 6.45) is 1.79. The molecule has 1 heterocycles. The van der Waals surface area contributed by atoms with Crippen molar-refractivity contribution in [3.63, 3.8) is 0 Å². The molecule has 6 nitrogen and oxygen atoms in total. The quantitative estimate of drug-likeness (QED) is 0.228. The zero-order valence-electron chi connectivity index (χ0n) is 16.4. The maximum Gasteiger partial charge on any atom is 0.387 e. The Morgan fingerprint density at radius 1 is 1.10 bits per heavy atom. The van der Waals surface area contributed by atoms with E-state index in [0.29, 0.717) is 24.6 Å². The van der Waals surface area contributed by atoms with Crippen molar-refractivity contribution in [2.24, 2.45) is 4.99 Å². The minimum Gasteiger partial charge on any atom is -0.434 e. The average Bonchev–Trinajstić information content (AvgIpc) is 3.20. The van der Waals surface area contributed by atoms with Crippen LogP contribution in [0.15, 0.2) is 65.8 Å². The van der Waals surface area contributed by atoms with Gasteiger partial charge in [-0.3, -0.25) is 0 Å². The van der Waals surface area contributed by atoms with Crippen LogP contribution >= 0.6 is 24.0 Å². The first-order valence-electron chi connectivity index (χ1n) is 9.30. The Balaban J connectivity index is 0.00000320. The number of hydrogen-bond donors (Lipinski definition) is 3. The first-order chi connectivity index (χ1) is 14.2. The number of halogens is 3. The van der Waals surface area contributed by atoms with Gasteiger partial charge in [0.05, 0.1) is 25.0 Å². The molecule has 3 rings (SSSR count). The Kier molecular flexibility index (Phi) is 9.52. The van der Waals surface area contributed by atoms with Crippen molar-refractivity contribution in [3.05, 3.63) is 72.2 Å². The number of aromatic nitrogens is 2. The summed E-state index contributed by atoms with van der Waals surface area (Å²) in [6, 6.07) is 16.6. The number of H-pyrrole nitrogens is 1. The summed E-state index contributed by atoms with van der Waals surface area (Å²) in [4.78, 5) is 12.1. The van der Waals surface area contributed by atoms with Crippen LogP contribution in [0.3, 0.4) is 0 Å². The molecule has 9 heteroatoms. The fourth-order valence-corrected chi connectivity index (χ4v) is 2.74. The Bertz CT molecular complexity index is 934. The third kappa shape index (κ3) is 6.97. The van der Waals surface area contributed by atoms with Crippen molar-refractivity contribution in [1.29, 1.82) is 0 Å². The van der Waals surface area contributed by atoms with Gasteiger partial charge >= 0.3 is 6.61 Å². The van der Waals surface area contributed by atoms with Crippen LogP contribution in [0.1, 0.15) is 18.3 Å². The lowest BCUT2D eigenvalue weighted by molar-refractivity contribution is -0.0504. The summed E-state index contributed by atoms with van der Waals surface area (Å²) in [5.41, 5.74) is 2.57. The van der Waals surface area contributed by atoms with E-state index < -0.39 is 6.61 Å². The number of imidazole rings is 1. The molecule has 30 heavy (non-hydrogen) atoms. The van der Waals surface area contributed by atoms with Crippen molar-refractivity contribution in [3.8, 4) is 17.0 Å². The largest absolute Gasteiger partial charge is 0.434 e. The molecule has 0 aliphatic heterocycles. The molecule has 0 saturated heterocycles. The summed E-state index contributed by atoms with van der Waals surface area (Å²) in [5.74, 6) is 1.44. The standard InChI is InChI=1S/C21H23F2N5O.HI/c1-2-24-21(26-12-16-10-6-7-11-18(16)29-20(22)23)27-14-19-25-13-17(28-19)15-8-4-3-5-9-15;/h3-11,13,20H,2,12,14H2,1H3,(H,25,28)(H2,24,26,27);1H. The summed E-state index contributed by atoms with van der Waals surface area (Å²) in [6.45, 7) is 0.378. The topological polar surface area (TPSA) is 74.3 Å². The third-order valence-electron chi connectivity index (χ3n) is 4.08. The molecular weight excluding hydrogens is 503 g/mol. The molecule has 0 atom stereocenters. The van der Waals surface area contributed by atoms with Crippen LogP contribution in [-0.4, -0.2) is 29.1 Å². The van der Waals surface area contributed by atoms with Gasteiger partial charge in [0, 0.05) is 12.1 Å². The van der Waals surface area contributed by atoms with E-state index in [9.17, 15) is 8.78 Å². The SMILES string of the molecule is CCNC(=NCc1ccccc1OC(F)F)NCc1ncc(-c2ccccc2)[nH]1.I. The third-order valence-corrected chi connectivity index (χ3v) is 4.08. The van der Waals surface area contributed by atoms with Gasteiger partial charge in [-0.25, -0.2) is 9.98 Å². The van der Waals surface area contributed by atoms with Crippen molar-refractivity contribution in [2.45, 2.75) is 26.6 Å². The van der Waals surface area contributed by atoms with Crippen molar-refractivity contribution in [1.82, 2.24) is 20.6 Å². The second kappa shape index (κ2) is 12.1. The van der Waals surface area contributed by atoms with E-state index in [0.717, 1.165) is 17.1 Å². The summed E-state index contributed by atoms with van der Waals surface area (Å²) < 4.78 is 29.7. The Morgan fingerprint density at radius 2 is 1.83 bits per heavy atom. The number of nitrogens with one attached hydrogen (secondary N) is 3. The summed E-state index contributed by atoms with van der Waals surface area (Å²) in [7, 11) is 0. The molecule has 0 aliphatic carbocycles. The van der Waals surface area contributed by atoms with Crippen molar-refractivity contribution < 1.29 is 13.5 Å². The fraction of sp³-hybridized carbons (Fsp3) is 0.238. The monoisotopic (exact) mass is 527 g/mol. The molecular formula is C21H24F2IN5O. The number of guanidine groups is 1. The lowest BCUT2D eigenvalue weighted by Gasteiger charge is -2.12. The van der Waals surface area contributed by atoms with E-state index in [1.165, 1.54) is 6.07 Å². The van der Waals surface area contributed by atoms with Gasteiger partial charge in [-0.1, -0.05) is 48.5 Å². The molecule has 0 unspecified atom stereocenters. The minimum atomic E-state index is -2.87. The van der Waals surface area contributed by atoms with Gasteiger partial charge in [0.2, 0.25) is 0 Å². The highest BCUT2D eigenvalue weighted by Gasteiger charge is 2.09. The van der Waals surface area contributed by atoms with Gasteiger partial charge in [-0.05, 0) is 18.6 Å². The first kappa shape index (κ1) is 23.6. The molecule has 0 bridgehead atoms. The first-order valence-corrected chi connectivity index (χ1v) is 9.30. The molecule has 0 spiro atoms. The van der Waals surface area contributed by atoms with Crippen LogP contribution < -0.4 is 15.4 Å². The van der Waals surface area contributed by atoms with Crippen LogP contribution in [0.2, 0.25) is 0 Å². The zero-order valence-corrected chi connectivity index (χ0v) is 18.8. The van der Waals surface area contributed by atoms with Gasteiger partial charge in [0.15, 0.2) is 5.96 Å². The molecule has 3 N–H and O–H groups in total. The zero-order chi connectivity index (χ0) is 20.5. The lowest BCUT2D eigenvalue weighted by atomic mass is 10.2. The molecule has 3 aromatic rings. The van der Waals surface area contributed by atoms with Crippen molar-refractivity contribution >= 4 is 29.9 Å². The van der Waals surface area contributed by atoms with Gasteiger partial charge in [-0.15, -0.1) is 24.0 Å². The molecule has 1 aromatic heterocycles. The van der Waals surface area contributed by atoms with Gasteiger partial charge < -0.3 is 20.4 Å². The molecule has 0 amide bonds. The van der Waals surface area contributed by atoms with E-state index >= 15 is 0 Å². The number of para-hydroxylation sites is 1. The molecule has 160 valence electrons. The van der Waals surface area contributed by atoms with Gasteiger partial charge in [-0.2, -0.15) is 8.78 Å². The predicted octanol–water partition coefficient (Wildman–Crippen LogP) is 4.55. The average molecular weight is 527 g/mol. The number of benzene rings is 2. The summed E-state index contributed by atoms with van der Waals surface area (Å²) in [5, 5.41) is 6.32. The number of aliphatic imine (C=N–C) groups is 1. The fourth-order valence-electron chi connectivity index (χ4n) is 2.74. The lowest BCUT2D eigenvalue weighted by Crippen LogP contribution is -2.37. The van der Waals surface area contributed by atoms with E-state index in [1.54, 1.807) is 24.4 Å². The minimum absolute atomic E-state index is 0. The maximum absolute atomic E-state index is 12.6. The molecule has 0 radical (unpaired) electrons. The highest BCUT2D eigenvalue weighted by Crippen LogP contribution is 2.21. The van der Waals surface area contributed by atoms with E-state index in [-0.39, 0.29) is 36.3 Å². The number of alkyl halides is 2. The van der Waals surface area contributed by atoms with E-state index in [2.05, 4.69) is 30.3 Å². The highest BCUT2D eigenvalue weighted by molar-refractivity contribution is 14.0. The number of nitrogens with zero attached hydrogens (tertiary/aromatic N) is 2. The van der Waals surface area contributed by atoms with Crippen LogP contribution in [0.5, 0.6) is 5.75 Å². The normalized spacial score (nSPS) is 11.1. The van der Waals surface area contributed by atoms with Crippen molar-refractivity contribution in [2.75, 3.05) is 6.54 Å². The Labute approximate surface area is 191 Å². The number of rotatable bonds is 8. The van der Waals surface area contributed by atoms with Crippen LogP contribution in [0.25, 0.3) is 11.3 Å². The van der Waals surface area contributed by atoms with Gasteiger partial charge in [0.1, 0.15) is 11.6 Å². The number of hydrogen-bond acceptors (Lipinski definition) is 3. The number of aromatic amines is 1. The van der Waals surface area contributed by atoms with Crippen LogP contribution in [-0.2, 0) is 13.1 Å². The summed E-state index contributed by atoms with van der Waals surface area (Å²) >= 11 is 0. The van der Waals surface area contributed by atoms with Crippen LogP contribution in [0.4, 0.5) is 8.78 Å². The number of ether oxygens (including phenoxy) is 1. The van der Waals surface area contributed by atoms with E-state index in [1.807, 2.05) is 37.3 Å². The predicted molar refractivity (Wildman–Crippen MR) is 124 cm³/mol. The molecule has 0 fully saturated rings. The van der Waals surface area contributed by atoms with E-state index in [4.69, 9.17) is 0 Å².